The standard InChI is InChI=1S/C13H26N2OS/c1-13(8-4-10-17-13)12(15-14)7-2-5-11-6-3-9-16-11/h11-12,15H,2-10,14H2,1H3. The van der Waals surface area contributed by atoms with Crippen LogP contribution in [0.2, 0.25) is 0 Å². The molecule has 0 bridgehead atoms. The maximum Gasteiger partial charge on any atom is 0.0576 e. The van der Waals surface area contributed by atoms with Gasteiger partial charge in [0.05, 0.1) is 6.10 Å². The molecule has 17 heavy (non-hydrogen) atoms. The summed E-state index contributed by atoms with van der Waals surface area (Å²) in [7, 11) is 0. The first-order chi connectivity index (χ1) is 8.24. The Hall–Kier alpha value is 0.230. The van der Waals surface area contributed by atoms with Crippen LogP contribution in [0.1, 0.15) is 51.9 Å². The lowest BCUT2D eigenvalue weighted by molar-refractivity contribution is 0.101. The average molecular weight is 258 g/mol. The van der Waals surface area contributed by atoms with Crippen LogP contribution in [-0.2, 0) is 4.74 Å². The molecule has 0 spiro atoms. The molecule has 100 valence electrons. The molecule has 3 atom stereocenters. The monoisotopic (exact) mass is 258 g/mol. The fourth-order valence-corrected chi connectivity index (χ4v) is 4.49. The molecule has 0 aromatic carbocycles. The first-order valence-corrected chi connectivity index (χ1v) is 7.95. The van der Waals surface area contributed by atoms with Crippen LogP contribution in [0.15, 0.2) is 0 Å². The van der Waals surface area contributed by atoms with Crippen LogP contribution in [0.3, 0.4) is 0 Å². The van der Waals surface area contributed by atoms with Crippen molar-refractivity contribution in [3.63, 3.8) is 0 Å². The molecule has 2 heterocycles. The maximum absolute atomic E-state index is 5.74. The second-order valence-corrected chi connectivity index (χ2v) is 7.18. The molecule has 3 unspecified atom stereocenters. The minimum absolute atomic E-state index is 0.352. The van der Waals surface area contributed by atoms with Crippen molar-refractivity contribution in [1.29, 1.82) is 0 Å². The summed E-state index contributed by atoms with van der Waals surface area (Å²) in [4.78, 5) is 0. The van der Waals surface area contributed by atoms with E-state index in [1.807, 2.05) is 0 Å². The van der Waals surface area contributed by atoms with Crippen molar-refractivity contribution >= 4 is 11.8 Å². The summed E-state index contributed by atoms with van der Waals surface area (Å²) in [6, 6.07) is 0.455. The molecule has 2 aliphatic heterocycles. The number of hydrogen-bond donors (Lipinski definition) is 2. The van der Waals surface area contributed by atoms with Crippen molar-refractivity contribution in [1.82, 2.24) is 5.43 Å². The maximum atomic E-state index is 5.74. The Labute approximate surface area is 109 Å². The number of hydrogen-bond acceptors (Lipinski definition) is 4. The van der Waals surface area contributed by atoms with Gasteiger partial charge in [-0.15, -0.1) is 0 Å². The number of thioether (sulfide) groups is 1. The number of rotatable bonds is 6. The lowest BCUT2D eigenvalue weighted by atomic mass is 9.92. The van der Waals surface area contributed by atoms with Gasteiger partial charge in [0.2, 0.25) is 0 Å². The van der Waals surface area contributed by atoms with Crippen molar-refractivity contribution < 1.29 is 4.74 Å². The highest BCUT2D eigenvalue weighted by Gasteiger charge is 2.36. The molecule has 0 radical (unpaired) electrons. The van der Waals surface area contributed by atoms with E-state index in [1.165, 1.54) is 50.7 Å². The lowest BCUT2D eigenvalue weighted by Crippen LogP contribution is -2.48. The highest BCUT2D eigenvalue weighted by molar-refractivity contribution is 8.00. The van der Waals surface area contributed by atoms with Crippen LogP contribution in [-0.4, -0.2) is 29.3 Å². The van der Waals surface area contributed by atoms with E-state index >= 15 is 0 Å². The van der Waals surface area contributed by atoms with Crippen molar-refractivity contribution in [3.05, 3.63) is 0 Å². The third-order valence-electron chi connectivity index (χ3n) is 4.23. The van der Waals surface area contributed by atoms with Gasteiger partial charge in [0.1, 0.15) is 0 Å². The molecule has 3 nitrogen and oxygen atoms in total. The second-order valence-electron chi connectivity index (χ2n) is 5.55. The van der Waals surface area contributed by atoms with E-state index in [9.17, 15) is 0 Å². The summed E-state index contributed by atoms with van der Waals surface area (Å²) in [5, 5.41) is 0. The normalized spacial score (nSPS) is 35.3. The van der Waals surface area contributed by atoms with Crippen molar-refractivity contribution in [2.45, 2.75) is 68.8 Å². The van der Waals surface area contributed by atoms with E-state index in [0.29, 0.717) is 16.9 Å². The Balaban J connectivity index is 1.71. The summed E-state index contributed by atoms with van der Waals surface area (Å²) >= 11 is 2.09. The molecule has 0 aromatic heterocycles. The molecule has 2 rings (SSSR count). The van der Waals surface area contributed by atoms with Crippen molar-refractivity contribution in [3.8, 4) is 0 Å². The smallest absolute Gasteiger partial charge is 0.0576 e. The topological polar surface area (TPSA) is 47.3 Å². The van der Waals surface area contributed by atoms with Gasteiger partial charge in [-0.1, -0.05) is 0 Å². The molecule has 0 aromatic rings. The van der Waals surface area contributed by atoms with Crippen LogP contribution in [0.25, 0.3) is 0 Å². The predicted octanol–water partition coefficient (Wildman–Crippen LogP) is 2.45. The van der Waals surface area contributed by atoms with E-state index in [0.717, 1.165) is 6.61 Å². The van der Waals surface area contributed by atoms with E-state index in [-0.39, 0.29) is 0 Å². The summed E-state index contributed by atoms with van der Waals surface area (Å²) in [5.74, 6) is 7.03. The molecule has 0 aliphatic carbocycles. The minimum atomic E-state index is 0.352. The predicted molar refractivity (Wildman–Crippen MR) is 74.0 cm³/mol. The van der Waals surface area contributed by atoms with Crippen LogP contribution >= 0.6 is 11.8 Å². The van der Waals surface area contributed by atoms with Gasteiger partial charge in [0.25, 0.3) is 0 Å². The summed E-state index contributed by atoms with van der Waals surface area (Å²) < 4.78 is 6.01. The van der Waals surface area contributed by atoms with Gasteiger partial charge in [-0.3, -0.25) is 11.3 Å². The fourth-order valence-electron chi connectivity index (χ4n) is 3.06. The molecular formula is C13H26N2OS. The van der Waals surface area contributed by atoms with E-state index in [2.05, 4.69) is 24.1 Å². The minimum Gasteiger partial charge on any atom is -0.378 e. The van der Waals surface area contributed by atoms with E-state index < -0.39 is 0 Å². The molecule has 2 aliphatic rings. The third kappa shape index (κ3) is 3.60. The molecule has 0 amide bonds. The largest absolute Gasteiger partial charge is 0.378 e. The number of hydrazine groups is 1. The zero-order chi connectivity index (χ0) is 12.1. The third-order valence-corrected chi connectivity index (χ3v) is 5.87. The number of nitrogens with two attached hydrogens (primary N) is 1. The van der Waals surface area contributed by atoms with Crippen LogP contribution in [0.4, 0.5) is 0 Å². The Kier molecular flexibility index (Phi) is 5.15. The Morgan fingerprint density at radius 1 is 1.53 bits per heavy atom. The summed E-state index contributed by atoms with van der Waals surface area (Å²) in [6.45, 7) is 3.33. The Bertz CT molecular complexity index is 225. The molecular weight excluding hydrogens is 232 g/mol. The zero-order valence-corrected chi connectivity index (χ0v) is 11.7. The van der Waals surface area contributed by atoms with E-state index in [4.69, 9.17) is 10.6 Å². The lowest BCUT2D eigenvalue weighted by Gasteiger charge is -2.33. The summed E-state index contributed by atoms with van der Waals surface area (Å²) in [5.41, 5.74) is 3.05. The molecule has 0 saturated carbocycles. The van der Waals surface area contributed by atoms with Gasteiger partial charge in [0, 0.05) is 17.4 Å². The zero-order valence-electron chi connectivity index (χ0n) is 10.9. The highest BCUT2D eigenvalue weighted by Crippen LogP contribution is 2.41. The number of nitrogens with one attached hydrogen (secondary N) is 1. The van der Waals surface area contributed by atoms with Gasteiger partial charge < -0.3 is 4.74 Å². The highest BCUT2D eigenvalue weighted by atomic mass is 32.2. The second kappa shape index (κ2) is 6.41. The van der Waals surface area contributed by atoms with Crippen molar-refractivity contribution in [2.24, 2.45) is 5.84 Å². The van der Waals surface area contributed by atoms with Gasteiger partial charge in [0.15, 0.2) is 0 Å². The van der Waals surface area contributed by atoms with Crippen LogP contribution in [0, 0.1) is 0 Å². The molecule has 2 fully saturated rings. The van der Waals surface area contributed by atoms with Gasteiger partial charge >= 0.3 is 0 Å². The average Bonchev–Trinajstić information content (AvgIpc) is 2.96. The van der Waals surface area contributed by atoms with E-state index in [1.54, 1.807) is 0 Å². The van der Waals surface area contributed by atoms with Gasteiger partial charge in [-0.25, -0.2) is 0 Å². The number of ether oxygens (including phenoxy) is 1. The SMILES string of the molecule is CC1(C(CCCC2CCCO2)NN)CCCS1. The molecule has 3 N–H and O–H groups in total. The first-order valence-electron chi connectivity index (χ1n) is 6.96. The van der Waals surface area contributed by atoms with Crippen molar-refractivity contribution in [2.75, 3.05) is 12.4 Å². The first kappa shape index (κ1) is 13.7. The van der Waals surface area contributed by atoms with Gasteiger partial charge in [-0.05, 0) is 57.6 Å². The van der Waals surface area contributed by atoms with Crippen LogP contribution < -0.4 is 11.3 Å². The van der Waals surface area contributed by atoms with Gasteiger partial charge in [-0.2, -0.15) is 11.8 Å². The molecule has 2 saturated heterocycles. The molecule has 4 heteroatoms. The summed E-state index contributed by atoms with van der Waals surface area (Å²) in [6.07, 6.45) is 9.28. The Morgan fingerprint density at radius 3 is 3.00 bits per heavy atom. The Morgan fingerprint density at radius 2 is 2.41 bits per heavy atom. The quantitative estimate of drug-likeness (QED) is 0.567. The fraction of sp³-hybridized carbons (Fsp3) is 1.00. The van der Waals surface area contributed by atoms with Crippen LogP contribution in [0.5, 0.6) is 0 Å².